The SMILES string of the molecule is Clc1ccc([C@@]23CCCCC2CNC3)cc1Cl. The van der Waals surface area contributed by atoms with Gasteiger partial charge in [-0.15, -0.1) is 0 Å². The van der Waals surface area contributed by atoms with Gasteiger partial charge < -0.3 is 5.32 Å². The highest BCUT2D eigenvalue weighted by Gasteiger charge is 2.45. The molecular weight excluding hydrogens is 253 g/mol. The zero-order valence-corrected chi connectivity index (χ0v) is 11.3. The third kappa shape index (κ3) is 1.89. The summed E-state index contributed by atoms with van der Waals surface area (Å²) in [6.07, 6.45) is 5.32. The molecule has 1 saturated heterocycles. The van der Waals surface area contributed by atoms with Crippen LogP contribution in [0.4, 0.5) is 0 Å². The molecule has 1 aliphatic carbocycles. The van der Waals surface area contributed by atoms with Crippen LogP contribution in [0.2, 0.25) is 10.0 Å². The van der Waals surface area contributed by atoms with Crippen LogP contribution in [0.1, 0.15) is 31.2 Å². The van der Waals surface area contributed by atoms with E-state index in [1.54, 1.807) is 0 Å². The Kier molecular flexibility index (Phi) is 3.10. The molecule has 0 spiro atoms. The van der Waals surface area contributed by atoms with Crippen LogP contribution in [0.25, 0.3) is 0 Å². The summed E-state index contributed by atoms with van der Waals surface area (Å²) in [4.78, 5) is 0. The summed E-state index contributed by atoms with van der Waals surface area (Å²) < 4.78 is 0. The van der Waals surface area contributed by atoms with Gasteiger partial charge >= 0.3 is 0 Å². The van der Waals surface area contributed by atoms with Gasteiger partial charge in [-0.2, -0.15) is 0 Å². The minimum atomic E-state index is 0.312. The van der Waals surface area contributed by atoms with E-state index in [1.807, 2.05) is 6.07 Å². The summed E-state index contributed by atoms with van der Waals surface area (Å²) in [6, 6.07) is 6.19. The predicted octanol–water partition coefficient (Wildman–Crippen LogP) is 4.02. The molecule has 1 aliphatic heterocycles. The largest absolute Gasteiger partial charge is 0.316 e. The molecular formula is C14H17Cl2N. The lowest BCUT2D eigenvalue weighted by atomic mass is 9.64. The number of hydrogen-bond acceptors (Lipinski definition) is 1. The molecule has 2 atom stereocenters. The molecule has 0 bridgehead atoms. The minimum Gasteiger partial charge on any atom is -0.316 e. The quantitative estimate of drug-likeness (QED) is 0.812. The first kappa shape index (κ1) is 11.8. The molecule has 2 aliphatic rings. The maximum atomic E-state index is 6.17. The number of halogens is 2. The van der Waals surface area contributed by atoms with Gasteiger partial charge in [0.25, 0.3) is 0 Å². The van der Waals surface area contributed by atoms with Crippen LogP contribution >= 0.6 is 23.2 Å². The summed E-state index contributed by atoms with van der Waals surface area (Å²) in [5.41, 5.74) is 1.69. The molecule has 1 saturated carbocycles. The Morgan fingerprint density at radius 2 is 2.06 bits per heavy atom. The highest BCUT2D eigenvalue weighted by molar-refractivity contribution is 6.42. The lowest BCUT2D eigenvalue weighted by Gasteiger charge is -2.39. The fourth-order valence-corrected chi connectivity index (χ4v) is 3.90. The van der Waals surface area contributed by atoms with Gasteiger partial charge in [0.05, 0.1) is 10.0 Å². The number of hydrogen-bond donors (Lipinski definition) is 1. The molecule has 17 heavy (non-hydrogen) atoms. The van der Waals surface area contributed by atoms with Crippen molar-refractivity contribution in [3.05, 3.63) is 33.8 Å². The number of nitrogens with one attached hydrogen (secondary N) is 1. The molecule has 0 aromatic heterocycles. The van der Waals surface area contributed by atoms with Gasteiger partial charge in [0.2, 0.25) is 0 Å². The Hall–Kier alpha value is -0.240. The third-order valence-corrected chi connectivity index (χ3v) is 5.27. The molecule has 2 fully saturated rings. The number of benzene rings is 1. The predicted molar refractivity (Wildman–Crippen MR) is 73.0 cm³/mol. The Bertz CT molecular complexity index is 432. The lowest BCUT2D eigenvalue weighted by Crippen LogP contribution is -2.37. The fraction of sp³-hybridized carbons (Fsp3) is 0.571. The van der Waals surface area contributed by atoms with Gasteiger partial charge in [0.15, 0.2) is 0 Å². The van der Waals surface area contributed by atoms with E-state index < -0.39 is 0 Å². The smallest absolute Gasteiger partial charge is 0.0595 e. The molecule has 92 valence electrons. The summed E-state index contributed by atoms with van der Waals surface area (Å²) in [5, 5.41) is 4.91. The van der Waals surface area contributed by atoms with Crippen molar-refractivity contribution in [1.29, 1.82) is 0 Å². The van der Waals surface area contributed by atoms with Crippen LogP contribution in [0.5, 0.6) is 0 Å². The van der Waals surface area contributed by atoms with Crippen LogP contribution in [0, 0.1) is 5.92 Å². The van der Waals surface area contributed by atoms with E-state index >= 15 is 0 Å². The first-order valence-corrected chi connectivity index (χ1v) is 7.14. The average molecular weight is 270 g/mol. The second-order valence-electron chi connectivity index (χ2n) is 5.36. The molecule has 1 unspecified atom stereocenters. The van der Waals surface area contributed by atoms with Crippen molar-refractivity contribution >= 4 is 23.2 Å². The van der Waals surface area contributed by atoms with Crippen LogP contribution in [-0.2, 0) is 5.41 Å². The zero-order valence-electron chi connectivity index (χ0n) is 9.81. The van der Waals surface area contributed by atoms with E-state index in [-0.39, 0.29) is 0 Å². The highest BCUT2D eigenvalue weighted by atomic mass is 35.5. The van der Waals surface area contributed by atoms with Crippen LogP contribution < -0.4 is 5.32 Å². The monoisotopic (exact) mass is 269 g/mol. The van der Waals surface area contributed by atoms with Crippen molar-refractivity contribution in [1.82, 2.24) is 5.32 Å². The molecule has 1 nitrogen and oxygen atoms in total. The van der Waals surface area contributed by atoms with Crippen molar-refractivity contribution in [3.63, 3.8) is 0 Å². The van der Waals surface area contributed by atoms with E-state index in [9.17, 15) is 0 Å². The van der Waals surface area contributed by atoms with Crippen molar-refractivity contribution < 1.29 is 0 Å². The molecule has 1 N–H and O–H groups in total. The number of fused-ring (bicyclic) bond motifs is 1. The normalized spacial score (nSPS) is 32.5. The van der Waals surface area contributed by atoms with Crippen LogP contribution in [0.3, 0.4) is 0 Å². The Morgan fingerprint density at radius 1 is 1.18 bits per heavy atom. The van der Waals surface area contributed by atoms with Crippen molar-refractivity contribution in [2.45, 2.75) is 31.1 Å². The summed E-state index contributed by atoms with van der Waals surface area (Å²) in [5.74, 6) is 0.772. The van der Waals surface area contributed by atoms with E-state index in [2.05, 4.69) is 17.4 Å². The standard InChI is InChI=1S/C14H17Cl2N/c15-12-5-4-10(7-13(12)16)14-6-2-1-3-11(14)8-17-9-14/h4-5,7,11,17H,1-3,6,8-9H2/t11?,14-/m0/s1. The summed E-state index contributed by atoms with van der Waals surface area (Å²) >= 11 is 12.2. The van der Waals surface area contributed by atoms with Crippen molar-refractivity contribution in [2.75, 3.05) is 13.1 Å². The van der Waals surface area contributed by atoms with Crippen molar-refractivity contribution in [2.24, 2.45) is 5.92 Å². The van der Waals surface area contributed by atoms with E-state index in [1.165, 1.54) is 31.2 Å². The first-order chi connectivity index (χ1) is 8.22. The molecule has 0 radical (unpaired) electrons. The summed E-state index contributed by atoms with van der Waals surface area (Å²) in [7, 11) is 0. The maximum Gasteiger partial charge on any atom is 0.0595 e. The minimum absolute atomic E-state index is 0.312. The van der Waals surface area contributed by atoms with Crippen molar-refractivity contribution in [3.8, 4) is 0 Å². The molecule has 1 aromatic rings. The molecule has 3 heteroatoms. The second-order valence-corrected chi connectivity index (χ2v) is 6.17. The van der Waals surface area contributed by atoms with Crippen LogP contribution in [-0.4, -0.2) is 13.1 Å². The van der Waals surface area contributed by atoms with Gasteiger partial charge in [-0.25, -0.2) is 0 Å². The molecule has 1 heterocycles. The van der Waals surface area contributed by atoms with Gasteiger partial charge in [0.1, 0.15) is 0 Å². The zero-order chi connectivity index (χ0) is 11.9. The highest BCUT2D eigenvalue weighted by Crippen LogP contribution is 2.46. The Labute approximate surface area is 112 Å². The van der Waals surface area contributed by atoms with Crippen LogP contribution in [0.15, 0.2) is 18.2 Å². The first-order valence-electron chi connectivity index (χ1n) is 6.39. The van der Waals surface area contributed by atoms with Gasteiger partial charge in [0, 0.05) is 12.0 Å². The van der Waals surface area contributed by atoms with E-state index in [0.29, 0.717) is 15.5 Å². The van der Waals surface area contributed by atoms with E-state index in [4.69, 9.17) is 23.2 Å². The average Bonchev–Trinajstić information content (AvgIpc) is 2.77. The summed E-state index contributed by atoms with van der Waals surface area (Å²) in [6.45, 7) is 2.25. The lowest BCUT2D eigenvalue weighted by molar-refractivity contribution is 0.243. The van der Waals surface area contributed by atoms with Gasteiger partial charge in [-0.1, -0.05) is 42.1 Å². The molecule has 0 amide bonds. The third-order valence-electron chi connectivity index (χ3n) is 4.53. The Balaban J connectivity index is 2.02. The van der Waals surface area contributed by atoms with E-state index in [0.717, 1.165) is 19.0 Å². The molecule has 3 rings (SSSR count). The van der Waals surface area contributed by atoms with Gasteiger partial charge in [-0.05, 0) is 43.0 Å². The number of rotatable bonds is 1. The van der Waals surface area contributed by atoms with Gasteiger partial charge in [-0.3, -0.25) is 0 Å². The topological polar surface area (TPSA) is 12.0 Å². The fourth-order valence-electron chi connectivity index (χ4n) is 3.60. The molecule has 1 aromatic carbocycles. The second kappa shape index (κ2) is 4.46. The maximum absolute atomic E-state index is 6.17. The Morgan fingerprint density at radius 3 is 2.88 bits per heavy atom.